The molecule has 0 N–H and O–H groups in total. The summed E-state index contributed by atoms with van der Waals surface area (Å²) in [6, 6.07) is 8.43. The molecule has 3 amide bonds. The number of hydrogen-bond acceptors (Lipinski definition) is 3. The molecule has 2 aliphatic heterocycles. The van der Waals surface area contributed by atoms with E-state index in [4.69, 9.17) is 5.26 Å². The van der Waals surface area contributed by atoms with E-state index in [-0.39, 0.29) is 18.0 Å². The van der Waals surface area contributed by atoms with Crippen LogP contribution in [-0.2, 0) is 4.79 Å². The van der Waals surface area contributed by atoms with Gasteiger partial charge in [0, 0.05) is 19.0 Å². The zero-order valence-corrected chi connectivity index (χ0v) is 10.4. The van der Waals surface area contributed by atoms with Crippen LogP contribution in [0.5, 0.6) is 0 Å². The molecule has 3 rings (SSSR count). The Morgan fingerprint density at radius 1 is 1.32 bits per heavy atom. The number of carbonyl (C=O) groups excluding carboxylic acids is 2. The lowest BCUT2D eigenvalue weighted by atomic mass is 10.1. The summed E-state index contributed by atoms with van der Waals surface area (Å²) in [5.41, 5.74) is 0.932. The SMILES string of the molecule is N#Cc1cccc(N2C(=O)CC3CCCN3C2=O)c1. The monoisotopic (exact) mass is 255 g/mol. The molecule has 5 nitrogen and oxygen atoms in total. The first-order valence-electron chi connectivity index (χ1n) is 6.34. The highest BCUT2D eigenvalue weighted by Crippen LogP contribution is 2.30. The third-order valence-corrected chi connectivity index (χ3v) is 3.71. The lowest BCUT2D eigenvalue weighted by Crippen LogP contribution is -2.54. The molecule has 5 heteroatoms. The summed E-state index contributed by atoms with van der Waals surface area (Å²) in [6.45, 7) is 0.714. The Bertz CT molecular complexity index is 591. The minimum Gasteiger partial charge on any atom is -0.320 e. The second kappa shape index (κ2) is 4.39. The Hall–Kier alpha value is -2.35. The van der Waals surface area contributed by atoms with E-state index in [1.807, 2.05) is 6.07 Å². The minimum absolute atomic E-state index is 0.0652. The molecular formula is C14H13N3O2. The summed E-state index contributed by atoms with van der Waals surface area (Å²) in [7, 11) is 0. The van der Waals surface area contributed by atoms with Crippen molar-refractivity contribution in [3.63, 3.8) is 0 Å². The molecule has 2 fully saturated rings. The summed E-state index contributed by atoms with van der Waals surface area (Å²) >= 11 is 0. The molecule has 2 heterocycles. The topological polar surface area (TPSA) is 64.4 Å². The van der Waals surface area contributed by atoms with Gasteiger partial charge in [0.2, 0.25) is 5.91 Å². The van der Waals surface area contributed by atoms with Gasteiger partial charge in [0.25, 0.3) is 0 Å². The highest BCUT2D eigenvalue weighted by atomic mass is 16.2. The van der Waals surface area contributed by atoms with E-state index in [0.29, 0.717) is 24.2 Å². The lowest BCUT2D eigenvalue weighted by Gasteiger charge is -2.36. The number of nitriles is 1. The molecule has 0 radical (unpaired) electrons. The Balaban J connectivity index is 1.97. The standard InChI is InChI=1S/C14H13N3O2/c15-9-10-3-1-4-12(7-10)17-13(18)8-11-5-2-6-16(11)14(17)19/h1,3-4,7,11H,2,5-6,8H2. The van der Waals surface area contributed by atoms with Gasteiger partial charge >= 0.3 is 6.03 Å². The Labute approximate surface area is 111 Å². The zero-order chi connectivity index (χ0) is 13.4. The fourth-order valence-electron chi connectivity index (χ4n) is 2.80. The molecule has 19 heavy (non-hydrogen) atoms. The fourth-order valence-corrected chi connectivity index (χ4v) is 2.80. The normalized spacial score (nSPS) is 22.4. The molecule has 2 saturated heterocycles. The van der Waals surface area contributed by atoms with Crippen LogP contribution in [0.15, 0.2) is 24.3 Å². The average molecular weight is 255 g/mol. The van der Waals surface area contributed by atoms with Gasteiger partial charge in [0.15, 0.2) is 0 Å². The van der Waals surface area contributed by atoms with E-state index in [2.05, 4.69) is 0 Å². The van der Waals surface area contributed by atoms with Gasteiger partial charge < -0.3 is 4.90 Å². The highest BCUT2D eigenvalue weighted by molar-refractivity contribution is 6.16. The number of rotatable bonds is 1. The maximum absolute atomic E-state index is 12.4. The number of benzene rings is 1. The van der Waals surface area contributed by atoms with E-state index < -0.39 is 0 Å². The van der Waals surface area contributed by atoms with Crippen LogP contribution in [0.3, 0.4) is 0 Å². The van der Waals surface area contributed by atoms with Gasteiger partial charge in [-0.2, -0.15) is 5.26 Å². The van der Waals surface area contributed by atoms with E-state index >= 15 is 0 Å². The number of hydrogen-bond donors (Lipinski definition) is 0. The summed E-state index contributed by atoms with van der Waals surface area (Å²) < 4.78 is 0. The molecule has 0 aromatic heterocycles. The van der Waals surface area contributed by atoms with Crippen molar-refractivity contribution in [1.82, 2.24) is 4.90 Å². The highest BCUT2D eigenvalue weighted by Gasteiger charge is 2.41. The van der Waals surface area contributed by atoms with Crippen molar-refractivity contribution in [1.29, 1.82) is 5.26 Å². The molecule has 1 aromatic carbocycles. The number of amides is 3. The fraction of sp³-hybridized carbons (Fsp3) is 0.357. The number of fused-ring (bicyclic) bond motifs is 1. The number of nitrogens with zero attached hydrogens (tertiary/aromatic N) is 3. The third-order valence-electron chi connectivity index (χ3n) is 3.71. The zero-order valence-electron chi connectivity index (χ0n) is 10.4. The molecular weight excluding hydrogens is 242 g/mol. The van der Waals surface area contributed by atoms with Crippen LogP contribution in [0, 0.1) is 11.3 Å². The van der Waals surface area contributed by atoms with Crippen molar-refractivity contribution in [3.05, 3.63) is 29.8 Å². The summed E-state index contributed by atoms with van der Waals surface area (Å²) in [5.74, 6) is -0.178. The van der Waals surface area contributed by atoms with Crippen molar-refractivity contribution in [2.45, 2.75) is 25.3 Å². The van der Waals surface area contributed by atoms with Crippen molar-refractivity contribution in [2.24, 2.45) is 0 Å². The molecule has 0 saturated carbocycles. The van der Waals surface area contributed by atoms with Crippen LogP contribution >= 0.6 is 0 Å². The largest absolute Gasteiger partial charge is 0.331 e. The average Bonchev–Trinajstić information content (AvgIpc) is 2.87. The smallest absolute Gasteiger partial charge is 0.320 e. The van der Waals surface area contributed by atoms with Crippen LogP contribution in [-0.4, -0.2) is 29.4 Å². The van der Waals surface area contributed by atoms with E-state index in [9.17, 15) is 9.59 Å². The number of anilines is 1. The third kappa shape index (κ3) is 1.85. The van der Waals surface area contributed by atoms with E-state index in [1.165, 1.54) is 4.90 Å². The first kappa shape index (κ1) is 11.7. The molecule has 1 aromatic rings. The second-order valence-corrected chi connectivity index (χ2v) is 4.87. The van der Waals surface area contributed by atoms with Crippen molar-refractivity contribution in [3.8, 4) is 6.07 Å². The quantitative estimate of drug-likeness (QED) is 0.769. The van der Waals surface area contributed by atoms with Crippen LogP contribution in [0.4, 0.5) is 10.5 Å². The molecule has 0 aliphatic carbocycles. The molecule has 1 unspecified atom stereocenters. The van der Waals surface area contributed by atoms with Crippen LogP contribution < -0.4 is 4.90 Å². The maximum Gasteiger partial charge on any atom is 0.331 e. The summed E-state index contributed by atoms with van der Waals surface area (Å²) in [5, 5.41) is 8.89. The number of urea groups is 1. The van der Waals surface area contributed by atoms with E-state index in [0.717, 1.165) is 12.8 Å². The predicted octanol–water partition coefficient (Wildman–Crippen LogP) is 1.88. The molecule has 0 spiro atoms. The molecule has 0 bridgehead atoms. The van der Waals surface area contributed by atoms with Gasteiger partial charge in [0.1, 0.15) is 0 Å². The van der Waals surface area contributed by atoms with Gasteiger partial charge in [-0.15, -0.1) is 0 Å². The molecule has 96 valence electrons. The lowest BCUT2D eigenvalue weighted by molar-refractivity contribution is -0.119. The van der Waals surface area contributed by atoms with Gasteiger partial charge in [-0.3, -0.25) is 4.79 Å². The van der Waals surface area contributed by atoms with Gasteiger partial charge in [-0.1, -0.05) is 6.07 Å². The Morgan fingerprint density at radius 3 is 2.95 bits per heavy atom. The Morgan fingerprint density at radius 2 is 2.16 bits per heavy atom. The first-order chi connectivity index (χ1) is 9.20. The second-order valence-electron chi connectivity index (χ2n) is 4.87. The number of carbonyl (C=O) groups is 2. The predicted molar refractivity (Wildman–Crippen MR) is 68.4 cm³/mol. The van der Waals surface area contributed by atoms with Gasteiger partial charge in [0.05, 0.1) is 17.3 Å². The molecule has 2 aliphatic rings. The Kier molecular flexibility index (Phi) is 2.71. The van der Waals surface area contributed by atoms with Crippen LogP contribution in [0.25, 0.3) is 0 Å². The van der Waals surface area contributed by atoms with Gasteiger partial charge in [-0.05, 0) is 31.0 Å². The minimum atomic E-state index is -0.256. The van der Waals surface area contributed by atoms with Crippen LogP contribution in [0.1, 0.15) is 24.8 Å². The summed E-state index contributed by atoms with van der Waals surface area (Å²) in [4.78, 5) is 27.5. The van der Waals surface area contributed by atoms with E-state index in [1.54, 1.807) is 29.2 Å². The molecule has 1 atom stereocenters. The first-order valence-corrected chi connectivity index (χ1v) is 6.34. The van der Waals surface area contributed by atoms with Crippen molar-refractivity contribution < 1.29 is 9.59 Å². The van der Waals surface area contributed by atoms with Crippen molar-refractivity contribution in [2.75, 3.05) is 11.4 Å². The maximum atomic E-state index is 12.4. The summed E-state index contributed by atoms with van der Waals surface area (Å²) in [6.07, 6.45) is 2.24. The van der Waals surface area contributed by atoms with Crippen LogP contribution in [0.2, 0.25) is 0 Å². The number of imide groups is 1. The van der Waals surface area contributed by atoms with Crippen molar-refractivity contribution >= 4 is 17.6 Å². The van der Waals surface area contributed by atoms with Gasteiger partial charge in [-0.25, -0.2) is 9.69 Å².